The Kier molecular flexibility index (Phi) is 5.13. The van der Waals surface area contributed by atoms with Gasteiger partial charge in [0.1, 0.15) is 0 Å². The van der Waals surface area contributed by atoms with Crippen molar-refractivity contribution in [1.82, 2.24) is 9.80 Å². The summed E-state index contributed by atoms with van der Waals surface area (Å²) in [6, 6.07) is 10.5. The monoisotopic (exact) mass is 250 g/mol. The summed E-state index contributed by atoms with van der Waals surface area (Å²) in [5.41, 5.74) is 1.35. The lowest BCUT2D eigenvalue weighted by atomic mass is 10.2. The molecule has 1 aromatic rings. The van der Waals surface area contributed by atoms with Crippen LogP contribution in [-0.4, -0.2) is 65.4 Å². The summed E-state index contributed by atoms with van der Waals surface area (Å²) >= 11 is 0. The van der Waals surface area contributed by atoms with Gasteiger partial charge < -0.3 is 10.2 Å². The third-order valence-corrected chi connectivity index (χ3v) is 3.39. The zero-order chi connectivity index (χ0) is 12.8. The van der Waals surface area contributed by atoms with Crippen molar-refractivity contribution in [3.63, 3.8) is 0 Å². The van der Waals surface area contributed by atoms with E-state index in [1.165, 1.54) is 5.56 Å². The van der Waals surface area contributed by atoms with Gasteiger partial charge in [-0.15, -0.1) is 0 Å². The molecule has 4 heteroatoms. The van der Waals surface area contributed by atoms with Gasteiger partial charge in [0.05, 0.1) is 12.7 Å². The molecule has 100 valence electrons. The van der Waals surface area contributed by atoms with Gasteiger partial charge in [0.15, 0.2) is 0 Å². The van der Waals surface area contributed by atoms with Gasteiger partial charge in [-0.3, -0.25) is 9.80 Å². The molecular weight excluding hydrogens is 228 g/mol. The van der Waals surface area contributed by atoms with E-state index in [1.54, 1.807) is 0 Å². The average Bonchev–Trinajstić information content (AvgIpc) is 2.42. The molecule has 1 aliphatic rings. The fourth-order valence-electron chi connectivity index (χ4n) is 2.33. The third kappa shape index (κ3) is 4.07. The fourth-order valence-corrected chi connectivity index (χ4v) is 2.33. The maximum absolute atomic E-state index is 9.41. The minimum Gasteiger partial charge on any atom is -0.394 e. The average molecular weight is 250 g/mol. The Balaban J connectivity index is 1.73. The number of aliphatic hydroxyl groups is 2. The molecule has 2 N–H and O–H groups in total. The summed E-state index contributed by atoms with van der Waals surface area (Å²) < 4.78 is 0. The second kappa shape index (κ2) is 6.85. The van der Waals surface area contributed by atoms with Crippen molar-refractivity contribution in [2.45, 2.75) is 12.6 Å². The van der Waals surface area contributed by atoms with Gasteiger partial charge in [0.2, 0.25) is 0 Å². The number of nitrogens with zero attached hydrogens (tertiary/aromatic N) is 2. The molecule has 18 heavy (non-hydrogen) atoms. The molecular formula is C14H22N2O2. The SMILES string of the molecule is OCC(O)CN1CCN(Cc2ccccc2)CC1. The van der Waals surface area contributed by atoms with Crippen molar-refractivity contribution in [3.05, 3.63) is 35.9 Å². The highest BCUT2D eigenvalue weighted by atomic mass is 16.3. The first-order valence-electron chi connectivity index (χ1n) is 6.55. The van der Waals surface area contributed by atoms with Gasteiger partial charge in [-0.25, -0.2) is 0 Å². The topological polar surface area (TPSA) is 46.9 Å². The quantitative estimate of drug-likeness (QED) is 0.781. The Morgan fingerprint density at radius 1 is 1.00 bits per heavy atom. The molecule has 1 saturated heterocycles. The highest BCUT2D eigenvalue weighted by molar-refractivity contribution is 5.14. The standard InChI is InChI=1S/C14H22N2O2/c17-12-14(18)11-16-8-6-15(7-9-16)10-13-4-2-1-3-5-13/h1-5,14,17-18H,6-12H2. The molecule has 0 saturated carbocycles. The molecule has 2 rings (SSSR count). The van der Waals surface area contributed by atoms with Crippen molar-refractivity contribution < 1.29 is 10.2 Å². The fraction of sp³-hybridized carbons (Fsp3) is 0.571. The number of hydrogen-bond donors (Lipinski definition) is 2. The molecule has 1 heterocycles. The second-order valence-corrected chi connectivity index (χ2v) is 4.90. The van der Waals surface area contributed by atoms with E-state index in [1.807, 2.05) is 6.07 Å². The van der Waals surface area contributed by atoms with Gasteiger partial charge >= 0.3 is 0 Å². The summed E-state index contributed by atoms with van der Waals surface area (Å²) in [6.45, 7) is 5.39. The lowest BCUT2D eigenvalue weighted by Crippen LogP contribution is -2.48. The smallest absolute Gasteiger partial charge is 0.0897 e. The van der Waals surface area contributed by atoms with E-state index in [2.05, 4.69) is 34.1 Å². The molecule has 0 spiro atoms. The van der Waals surface area contributed by atoms with Crippen LogP contribution in [0.4, 0.5) is 0 Å². The van der Waals surface area contributed by atoms with Crippen LogP contribution in [0, 0.1) is 0 Å². The van der Waals surface area contributed by atoms with Crippen molar-refractivity contribution in [2.24, 2.45) is 0 Å². The van der Waals surface area contributed by atoms with Gasteiger partial charge in [-0.2, -0.15) is 0 Å². The Hall–Kier alpha value is -0.940. The van der Waals surface area contributed by atoms with Gasteiger partial charge in [-0.1, -0.05) is 30.3 Å². The van der Waals surface area contributed by atoms with Crippen molar-refractivity contribution in [3.8, 4) is 0 Å². The number of β-amino-alcohol motifs (C(OH)–C–C–N with tert-alkyl or cyclic N) is 1. The molecule has 0 amide bonds. The predicted molar refractivity (Wildman–Crippen MR) is 71.3 cm³/mol. The van der Waals surface area contributed by atoms with E-state index in [4.69, 9.17) is 5.11 Å². The number of piperazine rings is 1. The first-order chi connectivity index (χ1) is 8.78. The Labute approximate surface area is 108 Å². The van der Waals surface area contributed by atoms with Crippen molar-refractivity contribution in [1.29, 1.82) is 0 Å². The number of rotatable bonds is 5. The van der Waals surface area contributed by atoms with Crippen LogP contribution in [0.3, 0.4) is 0 Å². The van der Waals surface area contributed by atoms with Gasteiger partial charge in [0.25, 0.3) is 0 Å². The predicted octanol–water partition coefficient (Wildman–Crippen LogP) is 0.157. The van der Waals surface area contributed by atoms with Crippen LogP contribution < -0.4 is 0 Å². The van der Waals surface area contributed by atoms with Crippen LogP contribution in [0.2, 0.25) is 0 Å². The van der Waals surface area contributed by atoms with Crippen molar-refractivity contribution >= 4 is 0 Å². The molecule has 1 atom stereocenters. The molecule has 1 unspecified atom stereocenters. The van der Waals surface area contributed by atoms with Crippen LogP contribution in [0.25, 0.3) is 0 Å². The van der Waals surface area contributed by atoms with Gasteiger partial charge in [0, 0.05) is 39.3 Å². The molecule has 0 radical (unpaired) electrons. The summed E-state index contributed by atoms with van der Waals surface area (Å²) in [7, 11) is 0. The number of hydrogen-bond acceptors (Lipinski definition) is 4. The van der Waals surface area contributed by atoms with E-state index in [0.717, 1.165) is 32.7 Å². The zero-order valence-corrected chi connectivity index (χ0v) is 10.7. The van der Waals surface area contributed by atoms with Crippen molar-refractivity contribution in [2.75, 3.05) is 39.3 Å². The third-order valence-electron chi connectivity index (χ3n) is 3.39. The van der Waals surface area contributed by atoms with Crippen LogP contribution in [-0.2, 0) is 6.54 Å². The van der Waals surface area contributed by atoms with Crippen LogP contribution in [0.1, 0.15) is 5.56 Å². The molecule has 0 bridgehead atoms. The number of benzene rings is 1. The second-order valence-electron chi connectivity index (χ2n) is 4.90. The maximum atomic E-state index is 9.41. The van der Waals surface area contributed by atoms with E-state index in [0.29, 0.717) is 6.54 Å². The van der Waals surface area contributed by atoms with Gasteiger partial charge in [-0.05, 0) is 5.56 Å². The summed E-state index contributed by atoms with van der Waals surface area (Å²) in [6.07, 6.45) is -0.606. The van der Waals surface area contributed by atoms with Crippen LogP contribution in [0.5, 0.6) is 0 Å². The Morgan fingerprint density at radius 2 is 1.61 bits per heavy atom. The normalized spacial score (nSPS) is 19.9. The minimum atomic E-state index is -0.606. The first kappa shape index (κ1) is 13.5. The Morgan fingerprint density at radius 3 is 2.22 bits per heavy atom. The summed E-state index contributed by atoms with van der Waals surface area (Å²) in [4.78, 5) is 4.64. The molecule has 0 aromatic heterocycles. The van der Waals surface area contributed by atoms with E-state index in [9.17, 15) is 5.11 Å². The largest absolute Gasteiger partial charge is 0.394 e. The lowest BCUT2D eigenvalue weighted by molar-refractivity contribution is 0.0383. The number of aliphatic hydroxyl groups excluding tert-OH is 2. The molecule has 1 aromatic carbocycles. The summed E-state index contributed by atoms with van der Waals surface area (Å²) in [5.74, 6) is 0. The lowest BCUT2D eigenvalue weighted by Gasteiger charge is -2.35. The molecule has 1 fully saturated rings. The minimum absolute atomic E-state index is 0.149. The molecule has 1 aliphatic heterocycles. The molecule has 4 nitrogen and oxygen atoms in total. The van der Waals surface area contributed by atoms with Crippen LogP contribution >= 0.6 is 0 Å². The highest BCUT2D eigenvalue weighted by Crippen LogP contribution is 2.08. The van der Waals surface area contributed by atoms with E-state index in [-0.39, 0.29) is 6.61 Å². The summed E-state index contributed by atoms with van der Waals surface area (Å²) in [5, 5.41) is 18.2. The van der Waals surface area contributed by atoms with E-state index >= 15 is 0 Å². The zero-order valence-electron chi connectivity index (χ0n) is 10.7. The van der Waals surface area contributed by atoms with E-state index < -0.39 is 6.10 Å². The molecule has 0 aliphatic carbocycles. The Bertz CT molecular complexity index is 337. The first-order valence-corrected chi connectivity index (χ1v) is 6.55. The maximum Gasteiger partial charge on any atom is 0.0897 e. The van der Waals surface area contributed by atoms with Crippen LogP contribution in [0.15, 0.2) is 30.3 Å². The highest BCUT2D eigenvalue weighted by Gasteiger charge is 2.18.